The predicted molar refractivity (Wildman–Crippen MR) is 166 cm³/mol. The van der Waals surface area contributed by atoms with Gasteiger partial charge in [-0.2, -0.15) is 0 Å². The van der Waals surface area contributed by atoms with Gasteiger partial charge in [0, 0.05) is 34.0 Å². The maximum Gasteiger partial charge on any atom is 0.204 e. The standard InChI is InChI=1S/C31H30ClFN2O2.CH3NO.CH5N/c1-3-4-21(13-19-14-22-7-12-28(32)35-29(22)27(15-19)37-24-10-11-24)26-16-25-18(2)17-36-31(25)30(34-26)20-5-8-23(33)9-6-20;2-1-3;1-2/h5-9,12,14-16,18,21,24H,3-4,10-11,13,17H2,1-2H3;1H,(H2,2,3);2H2,1H3. The fourth-order valence-electron chi connectivity index (χ4n) is 5.20. The topological polar surface area (TPSA) is 113 Å². The number of benzene rings is 2. The molecule has 0 bridgehead atoms. The van der Waals surface area contributed by atoms with Crippen LogP contribution in [0.3, 0.4) is 0 Å². The lowest BCUT2D eigenvalue weighted by Gasteiger charge is -2.20. The number of fused-ring (bicyclic) bond motifs is 2. The number of aromatic nitrogens is 2. The molecule has 7 nitrogen and oxygen atoms in total. The van der Waals surface area contributed by atoms with Gasteiger partial charge >= 0.3 is 0 Å². The Balaban J connectivity index is 0.000000763. The van der Waals surface area contributed by atoms with Crippen LogP contribution in [0, 0.1) is 5.82 Å². The number of pyridine rings is 2. The molecule has 4 aromatic rings. The third-order valence-electron chi connectivity index (χ3n) is 7.29. The van der Waals surface area contributed by atoms with Crippen LogP contribution in [0.15, 0.2) is 54.6 Å². The molecule has 2 unspecified atom stereocenters. The van der Waals surface area contributed by atoms with Gasteiger partial charge in [-0.05, 0) is 92.9 Å². The molecular weight excluding hydrogens is 555 g/mol. The van der Waals surface area contributed by atoms with E-state index in [0.717, 1.165) is 71.5 Å². The summed E-state index contributed by atoms with van der Waals surface area (Å²) in [6, 6.07) is 16.9. The number of halogens is 2. The first-order valence-electron chi connectivity index (χ1n) is 14.3. The number of amides is 1. The predicted octanol–water partition coefficient (Wildman–Crippen LogP) is 6.93. The minimum atomic E-state index is -0.258. The lowest BCUT2D eigenvalue weighted by atomic mass is 9.88. The molecule has 222 valence electrons. The molecule has 1 aliphatic carbocycles. The molecule has 4 N–H and O–H groups in total. The van der Waals surface area contributed by atoms with Crippen molar-refractivity contribution in [2.75, 3.05) is 13.7 Å². The third-order valence-corrected chi connectivity index (χ3v) is 7.50. The maximum absolute atomic E-state index is 13.7. The van der Waals surface area contributed by atoms with Crippen LogP contribution in [0.5, 0.6) is 11.5 Å². The first-order valence-corrected chi connectivity index (χ1v) is 14.7. The molecule has 2 aromatic heterocycles. The lowest BCUT2D eigenvalue weighted by Crippen LogP contribution is -2.08. The SMILES string of the molecule is CCCC(Cc1cc(OC2CC2)c2nc(Cl)ccc2c1)c1cc2c(c(-c3ccc(F)cc3)n1)OCC2C.CN.NC=O. The zero-order valence-corrected chi connectivity index (χ0v) is 25.0. The summed E-state index contributed by atoms with van der Waals surface area (Å²) in [4.78, 5) is 18.3. The highest BCUT2D eigenvalue weighted by molar-refractivity contribution is 6.29. The second-order valence-corrected chi connectivity index (χ2v) is 10.9. The minimum Gasteiger partial charge on any atom is -0.490 e. The van der Waals surface area contributed by atoms with Crippen LogP contribution in [0.25, 0.3) is 22.2 Å². The van der Waals surface area contributed by atoms with Gasteiger partial charge in [0.2, 0.25) is 6.41 Å². The summed E-state index contributed by atoms with van der Waals surface area (Å²) >= 11 is 6.21. The summed E-state index contributed by atoms with van der Waals surface area (Å²) < 4.78 is 26.0. The third kappa shape index (κ3) is 7.36. The summed E-state index contributed by atoms with van der Waals surface area (Å²) in [6.07, 6.45) is 5.55. The quantitative estimate of drug-likeness (QED) is 0.169. The largest absolute Gasteiger partial charge is 0.490 e. The monoisotopic (exact) mass is 592 g/mol. The number of hydrogen-bond donors (Lipinski definition) is 2. The maximum atomic E-state index is 13.7. The molecule has 42 heavy (non-hydrogen) atoms. The van der Waals surface area contributed by atoms with Crippen LogP contribution in [0.2, 0.25) is 5.15 Å². The van der Waals surface area contributed by atoms with E-state index in [-0.39, 0.29) is 30.2 Å². The molecule has 2 aromatic carbocycles. The Morgan fingerprint density at radius 2 is 1.83 bits per heavy atom. The molecular formula is C33H38ClFN4O3. The van der Waals surface area contributed by atoms with Crippen molar-refractivity contribution in [1.29, 1.82) is 0 Å². The van der Waals surface area contributed by atoms with Crippen molar-refractivity contribution >= 4 is 28.9 Å². The van der Waals surface area contributed by atoms with Crippen LogP contribution >= 0.6 is 11.6 Å². The van der Waals surface area contributed by atoms with Gasteiger partial charge in [-0.15, -0.1) is 0 Å². The van der Waals surface area contributed by atoms with E-state index in [1.807, 2.05) is 12.1 Å². The van der Waals surface area contributed by atoms with Crippen LogP contribution in [0.1, 0.15) is 68.2 Å². The van der Waals surface area contributed by atoms with E-state index in [4.69, 9.17) is 30.9 Å². The number of nitrogens with zero attached hydrogens (tertiary/aromatic N) is 2. The van der Waals surface area contributed by atoms with E-state index in [0.29, 0.717) is 11.8 Å². The normalized spacial score (nSPS) is 15.8. The van der Waals surface area contributed by atoms with Gasteiger partial charge in [0.1, 0.15) is 33.7 Å². The summed E-state index contributed by atoms with van der Waals surface area (Å²) in [7, 11) is 1.50. The molecule has 9 heteroatoms. The zero-order valence-electron chi connectivity index (χ0n) is 24.3. The average molecular weight is 593 g/mol. The molecule has 0 radical (unpaired) electrons. The van der Waals surface area contributed by atoms with E-state index in [1.165, 1.54) is 30.3 Å². The Morgan fingerprint density at radius 3 is 2.50 bits per heavy atom. The number of carbonyl (C=O) groups excluding carboxylic acids is 1. The highest BCUT2D eigenvalue weighted by Gasteiger charge is 2.29. The second kappa shape index (κ2) is 14.4. The summed E-state index contributed by atoms with van der Waals surface area (Å²) in [5.41, 5.74) is 14.6. The average Bonchev–Trinajstić information content (AvgIpc) is 3.74. The number of rotatable bonds is 8. The number of ether oxygens (including phenoxy) is 2. The lowest BCUT2D eigenvalue weighted by molar-refractivity contribution is -0.106. The van der Waals surface area contributed by atoms with Gasteiger partial charge in [0.05, 0.1) is 12.7 Å². The molecule has 2 aliphatic rings. The summed E-state index contributed by atoms with van der Waals surface area (Å²) in [5, 5.41) is 1.50. The van der Waals surface area contributed by atoms with Gasteiger partial charge in [0.25, 0.3) is 0 Å². The smallest absolute Gasteiger partial charge is 0.204 e. The van der Waals surface area contributed by atoms with Gasteiger partial charge < -0.3 is 20.9 Å². The molecule has 1 fully saturated rings. The van der Waals surface area contributed by atoms with Crippen LogP contribution in [0.4, 0.5) is 4.39 Å². The van der Waals surface area contributed by atoms with Crippen molar-refractivity contribution in [3.05, 3.63) is 82.4 Å². The number of hydrogen-bond acceptors (Lipinski definition) is 6. The van der Waals surface area contributed by atoms with E-state index < -0.39 is 0 Å². The summed E-state index contributed by atoms with van der Waals surface area (Å²) in [6.45, 7) is 5.03. The Labute approximate surface area is 251 Å². The van der Waals surface area contributed by atoms with Crippen LogP contribution in [-0.4, -0.2) is 36.1 Å². The number of primary amides is 1. The second-order valence-electron chi connectivity index (χ2n) is 10.5. The highest BCUT2D eigenvalue weighted by atomic mass is 35.5. The van der Waals surface area contributed by atoms with Crippen LogP contribution < -0.4 is 20.9 Å². The molecule has 0 spiro atoms. The fourth-order valence-corrected chi connectivity index (χ4v) is 5.35. The Morgan fingerprint density at radius 1 is 1.12 bits per heavy atom. The van der Waals surface area contributed by atoms with Gasteiger partial charge in [-0.25, -0.2) is 14.4 Å². The Bertz CT molecular complexity index is 1510. The van der Waals surface area contributed by atoms with E-state index >= 15 is 0 Å². The number of nitrogens with two attached hydrogens (primary N) is 2. The molecule has 2 atom stereocenters. The van der Waals surface area contributed by atoms with E-state index in [2.05, 4.69) is 48.5 Å². The van der Waals surface area contributed by atoms with Crippen molar-refractivity contribution in [1.82, 2.24) is 9.97 Å². The summed E-state index contributed by atoms with van der Waals surface area (Å²) in [5.74, 6) is 1.88. The molecule has 6 rings (SSSR count). The fraction of sp³-hybridized carbons (Fsp3) is 0.364. The molecule has 0 saturated heterocycles. The van der Waals surface area contributed by atoms with Crippen molar-refractivity contribution in [3.63, 3.8) is 0 Å². The minimum absolute atomic E-state index is 0.216. The Hall–Kier alpha value is -3.75. The van der Waals surface area contributed by atoms with Crippen molar-refractivity contribution in [3.8, 4) is 22.8 Å². The first kappa shape index (κ1) is 31.2. The van der Waals surface area contributed by atoms with Gasteiger partial charge in [-0.1, -0.05) is 31.9 Å². The zero-order chi connectivity index (χ0) is 30.2. The highest BCUT2D eigenvalue weighted by Crippen LogP contribution is 2.43. The van der Waals surface area contributed by atoms with Gasteiger partial charge in [-0.3, -0.25) is 4.79 Å². The van der Waals surface area contributed by atoms with E-state index in [1.54, 1.807) is 12.1 Å². The first-order chi connectivity index (χ1) is 20.4. The van der Waals surface area contributed by atoms with Crippen molar-refractivity contribution in [2.24, 2.45) is 11.5 Å². The molecule has 3 heterocycles. The van der Waals surface area contributed by atoms with Gasteiger partial charge in [0.15, 0.2) is 0 Å². The van der Waals surface area contributed by atoms with E-state index in [9.17, 15) is 4.39 Å². The van der Waals surface area contributed by atoms with Crippen molar-refractivity contribution < 1.29 is 18.7 Å². The Kier molecular flexibility index (Phi) is 10.7. The molecule has 1 saturated carbocycles. The van der Waals surface area contributed by atoms with Crippen molar-refractivity contribution in [2.45, 2.75) is 63.9 Å². The molecule has 1 aliphatic heterocycles. The molecule has 1 amide bonds. The number of carbonyl (C=O) groups is 1. The van der Waals surface area contributed by atoms with Crippen LogP contribution in [-0.2, 0) is 11.2 Å².